The maximum absolute atomic E-state index is 13.1. The molecule has 138 valence electrons. The Kier molecular flexibility index (Phi) is 4.66. The molecular weight excluding hydrogens is 367 g/mol. The van der Waals surface area contributed by atoms with E-state index in [9.17, 15) is 9.18 Å². The molecule has 9 heteroatoms. The summed E-state index contributed by atoms with van der Waals surface area (Å²) >= 11 is 0. The lowest BCUT2D eigenvalue weighted by Gasteiger charge is -2.25. The zero-order valence-electron chi connectivity index (χ0n) is 15.5. The Balaban J connectivity index is 1.63. The van der Waals surface area contributed by atoms with E-state index < -0.39 is 16.9 Å². The summed E-state index contributed by atoms with van der Waals surface area (Å²) in [5.74, 6) is -0.942. The van der Waals surface area contributed by atoms with Crippen molar-refractivity contribution >= 4 is 38.3 Å². The number of halogens is 1. The van der Waals surface area contributed by atoms with E-state index in [0.29, 0.717) is 5.52 Å². The highest BCUT2D eigenvalue weighted by Crippen LogP contribution is 2.25. The van der Waals surface area contributed by atoms with Gasteiger partial charge in [-0.05, 0) is 41.1 Å². The number of amides is 1. The second-order valence-corrected chi connectivity index (χ2v) is 6.72. The van der Waals surface area contributed by atoms with Crippen LogP contribution in [0.2, 0.25) is 0 Å². The fourth-order valence-electron chi connectivity index (χ4n) is 2.98. The van der Waals surface area contributed by atoms with E-state index >= 15 is 0 Å². The van der Waals surface area contributed by atoms with Gasteiger partial charge in [-0.1, -0.05) is 18.2 Å². The summed E-state index contributed by atoms with van der Waals surface area (Å²) in [5, 5.41) is 9.63. The minimum atomic E-state index is -1.86. The summed E-state index contributed by atoms with van der Waals surface area (Å²) in [6, 6.07) is 12.5. The van der Waals surface area contributed by atoms with Crippen molar-refractivity contribution in [2.24, 2.45) is 7.05 Å². The number of fused-ring (bicyclic) bond motifs is 1. The first-order chi connectivity index (χ1) is 13.8. The van der Waals surface area contributed by atoms with E-state index in [1.807, 2.05) is 29.8 Å². The monoisotopic (exact) mass is 381 g/mol. The van der Waals surface area contributed by atoms with E-state index in [4.69, 9.17) is 15.7 Å². The maximum atomic E-state index is 13.1. The van der Waals surface area contributed by atoms with Gasteiger partial charge in [0.1, 0.15) is 5.82 Å². The van der Waals surface area contributed by atoms with Gasteiger partial charge in [-0.25, -0.2) is 9.37 Å². The van der Waals surface area contributed by atoms with Crippen molar-refractivity contribution < 1.29 is 9.18 Å². The highest BCUT2D eigenvalue weighted by Gasteiger charge is 2.29. The van der Waals surface area contributed by atoms with Crippen LogP contribution in [-0.2, 0) is 17.1 Å². The summed E-state index contributed by atoms with van der Waals surface area (Å²) in [4.78, 5) is 16.7. The first-order valence-electron chi connectivity index (χ1n) is 8.74. The number of nitrogens with zero attached hydrogens (tertiary/aromatic N) is 4. The highest BCUT2D eigenvalue weighted by atomic mass is 19.1. The lowest BCUT2D eigenvalue weighted by atomic mass is 9.50. The number of carbonyl (C=O) groups is 1. The van der Waals surface area contributed by atoms with Crippen LogP contribution < -0.4 is 5.32 Å². The molecule has 0 saturated heterocycles. The van der Waals surface area contributed by atoms with Gasteiger partial charge in [0.25, 0.3) is 0 Å². The summed E-state index contributed by atoms with van der Waals surface area (Å²) in [6.45, 7) is 0. The number of nitrogens with one attached hydrogen (secondary N) is 1. The second-order valence-electron chi connectivity index (χ2n) is 6.72. The van der Waals surface area contributed by atoms with Crippen molar-refractivity contribution in [2.75, 3.05) is 5.32 Å². The highest BCUT2D eigenvalue weighted by molar-refractivity contribution is 6.52. The van der Waals surface area contributed by atoms with E-state index in [0.717, 1.165) is 16.6 Å². The van der Waals surface area contributed by atoms with E-state index in [1.165, 1.54) is 24.3 Å². The third-order valence-electron chi connectivity index (χ3n) is 4.64. The molecule has 0 aliphatic rings. The lowest BCUT2D eigenvalue weighted by molar-refractivity contribution is -0.117. The molecule has 0 aliphatic carbocycles. The van der Waals surface area contributed by atoms with Gasteiger partial charge in [0.15, 0.2) is 5.82 Å². The quantitative estimate of drug-likeness (QED) is 0.551. The van der Waals surface area contributed by atoms with E-state index in [2.05, 4.69) is 20.5 Å². The molecule has 0 fully saturated rings. The van der Waals surface area contributed by atoms with Gasteiger partial charge in [-0.3, -0.25) is 4.79 Å². The topological polar surface area (TPSA) is 72.7 Å². The van der Waals surface area contributed by atoms with Gasteiger partial charge in [0.05, 0.1) is 39.4 Å². The fraction of sp³-hybridized carbons (Fsp3) is 0.100. The Labute approximate surface area is 169 Å². The molecule has 2 heterocycles. The predicted molar refractivity (Wildman–Crippen MR) is 110 cm³/mol. The number of aryl methyl sites for hydroxylation is 1. The minimum Gasteiger partial charge on any atom is -0.334 e. The molecule has 1 amide bonds. The number of rotatable bonds is 4. The van der Waals surface area contributed by atoms with Crippen molar-refractivity contribution in [3.63, 3.8) is 0 Å². The van der Waals surface area contributed by atoms with Gasteiger partial charge < -0.3 is 9.88 Å². The molecule has 6 nitrogen and oxygen atoms in total. The number of imidazole rings is 1. The Morgan fingerprint density at radius 1 is 1.10 bits per heavy atom. The van der Waals surface area contributed by atoms with Crippen LogP contribution in [0.25, 0.3) is 22.2 Å². The zero-order valence-corrected chi connectivity index (χ0v) is 15.5. The fourth-order valence-corrected chi connectivity index (χ4v) is 2.98. The summed E-state index contributed by atoms with van der Waals surface area (Å²) < 4.78 is 15.0. The van der Waals surface area contributed by atoms with Crippen molar-refractivity contribution in [3.05, 3.63) is 72.4 Å². The molecule has 2 aromatic heterocycles. The Morgan fingerprint density at radius 2 is 1.86 bits per heavy atom. The number of carbonyl (C=O) groups excluding carboxylic acids is 1. The number of hydrogen-bond acceptors (Lipinski definition) is 4. The van der Waals surface area contributed by atoms with Crippen molar-refractivity contribution in [1.29, 1.82) is 0 Å². The third kappa shape index (κ3) is 3.63. The lowest BCUT2D eigenvalue weighted by Crippen LogP contribution is -2.41. The van der Waals surface area contributed by atoms with Crippen LogP contribution in [0.3, 0.4) is 0 Å². The van der Waals surface area contributed by atoms with Crippen molar-refractivity contribution in [2.45, 2.75) is 5.21 Å². The number of aromatic nitrogens is 4. The molecule has 1 N–H and O–H groups in total. The average Bonchev–Trinajstić information content (AvgIpc) is 3.13. The summed E-state index contributed by atoms with van der Waals surface area (Å²) in [6.07, 6.45) is 3.48. The summed E-state index contributed by atoms with van der Waals surface area (Å²) in [7, 11) is 13.9. The van der Waals surface area contributed by atoms with Gasteiger partial charge in [0.2, 0.25) is 5.91 Å². The van der Waals surface area contributed by atoms with Gasteiger partial charge in [-0.2, -0.15) is 0 Å². The van der Waals surface area contributed by atoms with E-state index in [-0.39, 0.29) is 11.4 Å². The van der Waals surface area contributed by atoms with Gasteiger partial charge in [0, 0.05) is 18.0 Å². The molecule has 0 saturated carbocycles. The normalized spacial score (nSPS) is 11.5. The second kappa shape index (κ2) is 7.16. The molecule has 4 rings (SSSR count). The summed E-state index contributed by atoms with van der Waals surface area (Å²) in [5.41, 5.74) is 2.82. The molecule has 0 bridgehead atoms. The maximum Gasteiger partial charge on any atom is 0.218 e. The van der Waals surface area contributed by atoms with Crippen LogP contribution in [0.1, 0.15) is 5.56 Å². The molecule has 4 aromatic rings. The van der Waals surface area contributed by atoms with Gasteiger partial charge in [-0.15, -0.1) is 10.2 Å². The first-order valence-corrected chi connectivity index (χ1v) is 8.74. The molecule has 0 unspecified atom stereocenters. The Bertz CT molecular complexity index is 1210. The largest absolute Gasteiger partial charge is 0.334 e. The smallest absolute Gasteiger partial charge is 0.218 e. The molecular formula is C20H14B2FN5O. The SMILES string of the molecule is [B]C([B])(C(=O)Nc1cc2cc(-c3cncn3C)ccc2nn1)c1ccc(F)cc1. The van der Waals surface area contributed by atoms with Crippen molar-refractivity contribution in [3.8, 4) is 11.3 Å². The third-order valence-corrected chi connectivity index (χ3v) is 4.64. The van der Waals surface area contributed by atoms with Crippen LogP contribution in [0.15, 0.2) is 61.1 Å². The molecule has 0 aliphatic heterocycles. The Hall–Kier alpha value is -3.48. The van der Waals surface area contributed by atoms with Crippen molar-refractivity contribution in [1.82, 2.24) is 19.7 Å². The molecule has 0 atom stereocenters. The molecule has 0 spiro atoms. The number of hydrogen-bond donors (Lipinski definition) is 1. The number of anilines is 1. The first kappa shape index (κ1) is 18.9. The van der Waals surface area contributed by atoms with Crippen LogP contribution in [0, 0.1) is 5.82 Å². The zero-order chi connectivity index (χ0) is 20.6. The van der Waals surface area contributed by atoms with Crippen LogP contribution in [0.4, 0.5) is 10.2 Å². The number of benzene rings is 2. The van der Waals surface area contributed by atoms with Crippen LogP contribution in [-0.4, -0.2) is 41.3 Å². The minimum absolute atomic E-state index is 0.201. The average molecular weight is 381 g/mol. The Morgan fingerprint density at radius 3 is 2.55 bits per heavy atom. The van der Waals surface area contributed by atoms with Crippen LogP contribution >= 0.6 is 0 Å². The van der Waals surface area contributed by atoms with E-state index in [1.54, 1.807) is 18.6 Å². The molecule has 2 aromatic carbocycles. The van der Waals surface area contributed by atoms with Crippen LogP contribution in [0.5, 0.6) is 0 Å². The predicted octanol–water partition coefficient (Wildman–Crippen LogP) is 2.30. The standard InChI is InChI=1S/C20H14B2FN5O/c1-28-11-24-10-17(28)12-2-7-16-13(8-12)9-18(27-26-16)25-19(29)20(21,22)14-3-5-15(23)6-4-14/h2-11H,1H3,(H,25,27,29). The molecule has 29 heavy (non-hydrogen) atoms. The molecule has 4 radical (unpaired) electrons. The van der Waals surface area contributed by atoms with Gasteiger partial charge >= 0.3 is 0 Å².